The summed E-state index contributed by atoms with van der Waals surface area (Å²) in [4.78, 5) is 10.8. The zero-order valence-electron chi connectivity index (χ0n) is 15.7. The second-order valence-electron chi connectivity index (χ2n) is 6.46. The number of benzene rings is 2. The van der Waals surface area contributed by atoms with Gasteiger partial charge < -0.3 is 29.9 Å². The molecule has 0 bridgehead atoms. The molecule has 1 N–H and O–H groups in total. The van der Waals surface area contributed by atoms with Gasteiger partial charge in [0.1, 0.15) is 0 Å². The molecular formula is C21H23Cl2O2Ti. The van der Waals surface area contributed by atoms with Gasteiger partial charge >= 0.3 is 27.7 Å². The van der Waals surface area contributed by atoms with Crippen molar-refractivity contribution in [2.75, 3.05) is 0 Å². The summed E-state index contributed by atoms with van der Waals surface area (Å²) in [7, 11) is 0. The third kappa shape index (κ3) is 5.99. The van der Waals surface area contributed by atoms with Gasteiger partial charge in [0.05, 0.1) is 5.56 Å². The number of hydrogen-bond donors (Lipinski definition) is 1. The van der Waals surface area contributed by atoms with Crippen molar-refractivity contribution in [2.24, 2.45) is 5.41 Å². The van der Waals surface area contributed by atoms with Crippen molar-refractivity contribution < 1.29 is 56.4 Å². The van der Waals surface area contributed by atoms with Crippen LogP contribution in [-0.4, -0.2) is 11.1 Å². The number of fused-ring (bicyclic) bond motifs is 1. The van der Waals surface area contributed by atoms with Crippen molar-refractivity contribution in [1.29, 1.82) is 0 Å². The molecule has 3 rings (SSSR count). The van der Waals surface area contributed by atoms with Crippen LogP contribution in [0.4, 0.5) is 0 Å². The van der Waals surface area contributed by atoms with Crippen LogP contribution < -0.4 is 24.8 Å². The molecule has 0 saturated carbocycles. The van der Waals surface area contributed by atoms with Crippen molar-refractivity contribution in [3.63, 3.8) is 0 Å². The molecule has 0 aromatic heterocycles. The maximum absolute atomic E-state index is 10.8. The first-order chi connectivity index (χ1) is 10.7. The number of hydrogen-bond acceptors (Lipinski definition) is 1. The maximum atomic E-state index is 10.8. The monoisotopic (exact) mass is 425 g/mol. The molecule has 2 aromatic rings. The van der Waals surface area contributed by atoms with E-state index in [1.807, 2.05) is 30.3 Å². The van der Waals surface area contributed by atoms with Crippen molar-refractivity contribution in [2.45, 2.75) is 34.6 Å². The van der Waals surface area contributed by atoms with Crippen LogP contribution >= 0.6 is 0 Å². The molecular weight excluding hydrogens is 403 g/mol. The number of aromatic carboxylic acids is 1. The van der Waals surface area contributed by atoms with Gasteiger partial charge in [-0.15, -0.1) is 6.92 Å². The van der Waals surface area contributed by atoms with Crippen LogP contribution in [0.3, 0.4) is 0 Å². The van der Waals surface area contributed by atoms with E-state index >= 15 is 0 Å². The zero-order valence-corrected chi connectivity index (χ0v) is 18.7. The smallest absolute Gasteiger partial charge is 1.00 e. The number of carboxylic acids is 1. The fraction of sp³-hybridized carbons (Fsp3) is 0.286. The van der Waals surface area contributed by atoms with E-state index in [4.69, 9.17) is 5.11 Å². The van der Waals surface area contributed by atoms with Gasteiger partial charge in [-0.3, -0.25) is 6.08 Å². The van der Waals surface area contributed by atoms with E-state index < -0.39 is 5.97 Å². The summed E-state index contributed by atoms with van der Waals surface area (Å²) < 4.78 is 0. The largest absolute Gasteiger partial charge is 3.00 e. The Hall–Kier alpha value is -1.06. The fourth-order valence-electron chi connectivity index (χ4n) is 2.82. The van der Waals surface area contributed by atoms with Gasteiger partial charge in [-0.05, 0) is 16.8 Å². The molecule has 26 heavy (non-hydrogen) atoms. The first kappa shape index (κ1) is 27.2. The number of allylic oxidation sites excluding steroid dienone is 4. The van der Waals surface area contributed by atoms with E-state index in [9.17, 15) is 4.79 Å². The minimum absolute atomic E-state index is 0. The van der Waals surface area contributed by atoms with Crippen molar-refractivity contribution in [3.8, 4) is 0 Å². The van der Waals surface area contributed by atoms with Crippen LogP contribution in [0, 0.1) is 11.5 Å². The van der Waals surface area contributed by atoms with Gasteiger partial charge in [0.2, 0.25) is 0 Å². The summed E-state index contributed by atoms with van der Waals surface area (Å²) in [5.74, 6) is -0.878. The molecule has 0 fully saturated rings. The van der Waals surface area contributed by atoms with Crippen molar-refractivity contribution in [1.82, 2.24) is 0 Å². The van der Waals surface area contributed by atoms with Crippen LogP contribution in [0.25, 0.3) is 10.8 Å². The van der Waals surface area contributed by atoms with E-state index in [0.717, 1.165) is 10.8 Å². The molecule has 2 nitrogen and oxygen atoms in total. The topological polar surface area (TPSA) is 37.3 Å². The summed E-state index contributed by atoms with van der Waals surface area (Å²) in [6.07, 6.45) is 3.44. The molecule has 0 saturated heterocycles. The van der Waals surface area contributed by atoms with Crippen molar-refractivity contribution >= 4 is 16.7 Å². The summed E-state index contributed by atoms with van der Waals surface area (Å²) >= 11 is 0. The molecule has 0 unspecified atom stereocenters. The van der Waals surface area contributed by atoms with E-state index in [1.54, 1.807) is 12.1 Å². The Balaban J connectivity index is 0. The molecule has 0 aliphatic heterocycles. The van der Waals surface area contributed by atoms with Crippen LogP contribution in [0.1, 0.15) is 45.0 Å². The summed E-state index contributed by atoms with van der Waals surface area (Å²) in [6.45, 7) is 10.9. The Kier molecular flexibility index (Phi) is 11.4. The molecule has 1 radical (unpaired) electrons. The predicted molar refractivity (Wildman–Crippen MR) is 95.5 cm³/mol. The van der Waals surface area contributed by atoms with Crippen LogP contribution in [-0.2, 0) is 21.7 Å². The molecule has 1 aliphatic carbocycles. The second-order valence-corrected chi connectivity index (χ2v) is 6.46. The third-order valence-electron chi connectivity index (χ3n) is 4.58. The molecule has 0 spiro atoms. The van der Waals surface area contributed by atoms with Gasteiger partial charge in [-0.1, -0.05) is 69.5 Å². The van der Waals surface area contributed by atoms with Gasteiger partial charge in [0.25, 0.3) is 0 Å². The Morgan fingerprint density at radius 1 is 0.962 bits per heavy atom. The van der Waals surface area contributed by atoms with E-state index in [0.29, 0.717) is 5.56 Å². The Bertz CT molecular complexity index is 818. The number of carbonyl (C=O) groups is 1. The minimum Gasteiger partial charge on any atom is -1.00 e. The average molecular weight is 426 g/mol. The summed E-state index contributed by atoms with van der Waals surface area (Å²) in [5.41, 5.74) is 4.75. The summed E-state index contributed by atoms with van der Waals surface area (Å²) in [6, 6.07) is 12.7. The van der Waals surface area contributed by atoms with E-state index in [1.165, 1.54) is 16.7 Å². The standard InChI is InChI=1S/C11H8O2.C10H15.2ClH.Ti/c12-11(13)10-7-3-5-8-4-1-2-6-9(8)10;1-7-6-10(4,5)9(3)8(7)2;;;/h1-7H,(H,12,13);1-5H3;2*1H;/q;-1;;;+3/p-2. The summed E-state index contributed by atoms with van der Waals surface area (Å²) in [5, 5.41) is 10.6. The van der Waals surface area contributed by atoms with Crippen LogP contribution in [0.15, 0.2) is 59.2 Å². The fourth-order valence-corrected chi connectivity index (χ4v) is 2.82. The molecule has 0 amide bonds. The average Bonchev–Trinajstić information content (AvgIpc) is 2.69. The molecule has 137 valence electrons. The molecule has 0 heterocycles. The maximum Gasteiger partial charge on any atom is 3.00 e. The number of carboxylic acid groups (broad SMARTS) is 1. The number of rotatable bonds is 1. The van der Waals surface area contributed by atoms with E-state index in [2.05, 4.69) is 40.7 Å². The minimum atomic E-state index is -0.878. The van der Waals surface area contributed by atoms with Gasteiger partial charge in [0.15, 0.2) is 0 Å². The molecule has 0 atom stereocenters. The second kappa shape index (κ2) is 10.9. The van der Waals surface area contributed by atoms with Crippen molar-refractivity contribution in [3.05, 3.63) is 70.8 Å². The van der Waals surface area contributed by atoms with Gasteiger partial charge in [0, 0.05) is 0 Å². The third-order valence-corrected chi connectivity index (χ3v) is 4.58. The molecule has 1 aliphatic rings. The Labute approximate surface area is 183 Å². The SMILES string of the molecule is CC1=[C-]C(C)(C)C(C)=C1C.O=C(O)c1cccc2ccccc12.[Cl-].[Cl-].[Ti+3]. The Morgan fingerprint density at radius 3 is 1.92 bits per heavy atom. The van der Waals surface area contributed by atoms with Gasteiger partial charge in [-0.25, -0.2) is 10.4 Å². The van der Waals surface area contributed by atoms with Gasteiger partial charge in [-0.2, -0.15) is 11.1 Å². The first-order valence-corrected chi connectivity index (χ1v) is 7.75. The van der Waals surface area contributed by atoms with Crippen LogP contribution in [0.2, 0.25) is 0 Å². The quantitative estimate of drug-likeness (QED) is 0.501. The normalized spacial score (nSPS) is 14.1. The molecule has 2 aromatic carbocycles. The zero-order chi connectivity index (χ0) is 17.2. The van der Waals surface area contributed by atoms with E-state index in [-0.39, 0.29) is 51.9 Å². The van der Waals surface area contributed by atoms with Crippen LogP contribution in [0.5, 0.6) is 0 Å². The molecule has 5 heteroatoms. The first-order valence-electron chi connectivity index (χ1n) is 7.75. The number of halogens is 2. The Morgan fingerprint density at radius 2 is 1.50 bits per heavy atom. The predicted octanol–water partition coefficient (Wildman–Crippen LogP) is -0.344.